The quantitative estimate of drug-likeness (QED) is 0.468. The molecule has 2 aromatic carbocycles. The molecule has 0 atom stereocenters. The molecule has 152 valence electrons. The van der Waals surface area contributed by atoms with Crippen LogP contribution in [0, 0.1) is 0 Å². The standard InChI is InChI=1S/C20H20F3N5O/c21-20(22,23)29-18-8-6-15(7-9-18)12-25-19(24)26-13-16-4-1-2-5-17(16)14-28-11-3-10-27-28/h1-11H,12-14H2,(H3,24,25,26). The van der Waals surface area contributed by atoms with Crippen molar-refractivity contribution in [2.75, 3.05) is 0 Å². The number of halogens is 3. The maximum Gasteiger partial charge on any atom is 0.573 e. The van der Waals surface area contributed by atoms with Crippen LogP contribution in [0.15, 0.2) is 72.0 Å². The predicted molar refractivity (Wildman–Crippen MR) is 103 cm³/mol. The second kappa shape index (κ2) is 9.13. The van der Waals surface area contributed by atoms with E-state index in [1.807, 2.05) is 41.2 Å². The summed E-state index contributed by atoms with van der Waals surface area (Å²) in [6.45, 7) is 1.37. The first-order valence-electron chi connectivity index (χ1n) is 8.82. The van der Waals surface area contributed by atoms with Crippen molar-refractivity contribution in [2.24, 2.45) is 10.7 Å². The number of guanidine groups is 1. The van der Waals surface area contributed by atoms with Crippen molar-refractivity contribution in [1.29, 1.82) is 0 Å². The highest BCUT2D eigenvalue weighted by molar-refractivity contribution is 5.77. The second-order valence-electron chi connectivity index (χ2n) is 6.22. The average Bonchev–Trinajstić information content (AvgIpc) is 3.19. The van der Waals surface area contributed by atoms with Crippen molar-refractivity contribution in [3.05, 3.63) is 83.7 Å². The number of nitrogens with two attached hydrogens (primary N) is 1. The van der Waals surface area contributed by atoms with Gasteiger partial charge in [-0.15, -0.1) is 13.2 Å². The van der Waals surface area contributed by atoms with E-state index in [1.54, 1.807) is 6.20 Å². The third-order valence-corrected chi connectivity index (χ3v) is 4.06. The van der Waals surface area contributed by atoms with Crippen molar-refractivity contribution in [1.82, 2.24) is 15.1 Å². The number of aliphatic imine (C=N–C) groups is 1. The first-order valence-corrected chi connectivity index (χ1v) is 8.82. The zero-order valence-corrected chi connectivity index (χ0v) is 15.4. The van der Waals surface area contributed by atoms with Crippen molar-refractivity contribution in [3.63, 3.8) is 0 Å². The fourth-order valence-electron chi connectivity index (χ4n) is 2.67. The summed E-state index contributed by atoms with van der Waals surface area (Å²) in [5.74, 6) is -0.0281. The molecule has 0 amide bonds. The van der Waals surface area contributed by atoms with Gasteiger partial charge in [-0.2, -0.15) is 5.10 Å². The molecule has 1 heterocycles. The molecule has 0 aliphatic carbocycles. The van der Waals surface area contributed by atoms with E-state index in [4.69, 9.17) is 5.73 Å². The molecule has 0 bridgehead atoms. The largest absolute Gasteiger partial charge is 0.573 e. The van der Waals surface area contributed by atoms with Gasteiger partial charge in [-0.1, -0.05) is 36.4 Å². The number of alkyl halides is 3. The zero-order valence-electron chi connectivity index (χ0n) is 15.4. The Morgan fingerprint density at radius 2 is 1.79 bits per heavy atom. The smallest absolute Gasteiger partial charge is 0.406 e. The van der Waals surface area contributed by atoms with Crippen LogP contribution < -0.4 is 15.8 Å². The number of aromatic nitrogens is 2. The number of rotatable bonds is 7. The maximum atomic E-state index is 12.2. The van der Waals surface area contributed by atoms with Gasteiger partial charge in [0, 0.05) is 18.9 Å². The number of hydrogen-bond donors (Lipinski definition) is 2. The van der Waals surface area contributed by atoms with Crippen LogP contribution in [-0.4, -0.2) is 22.1 Å². The minimum Gasteiger partial charge on any atom is -0.406 e. The molecule has 0 aliphatic heterocycles. The Hall–Kier alpha value is -3.49. The van der Waals surface area contributed by atoms with Crippen molar-refractivity contribution in [2.45, 2.75) is 26.0 Å². The number of hydrogen-bond acceptors (Lipinski definition) is 3. The third-order valence-electron chi connectivity index (χ3n) is 4.06. The van der Waals surface area contributed by atoms with Crippen LogP contribution in [0.25, 0.3) is 0 Å². The number of nitrogens with one attached hydrogen (secondary N) is 1. The van der Waals surface area contributed by atoms with Gasteiger partial charge in [-0.3, -0.25) is 4.68 Å². The summed E-state index contributed by atoms with van der Waals surface area (Å²) < 4.78 is 42.2. The lowest BCUT2D eigenvalue weighted by atomic mass is 10.1. The lowest BCUT2D eigenvalue weighted by Crippen LogP contribution is -2.31. The lowest BCUT2D eigenvalue weighted by molar-refractivity contribution is -0.274. The van der Waals surface area contributed by atoms with Crippen LogP contribution >= 0.6 is 0 Å². The maximum absolute atomic E-state index is 12.2. The van der Waals surface area contributed by atoms with Crippen LogP contribution in [0.3, 0.4) is 0 Å². The summed E-state index contributed by atoms with van der Waals surface area (Å²) in [5.41, 5.74) is 8.80. The number of benzene rings is 2. The molecule has 0 unspecified atom stereocenters. The van der Waals surface area contributed by atoms with Crippen molar-refractivity contribution < 1.29 is 17.9 Å². The van der Waals surface area contributed by atoms with Crippen LogP contribution in [0.1, 0.15) is 16.7 Å². The molecular weight excluding hydrogens is 383 g/mol. The first kappa shape index (κ1) is 20.2. The summed E-state index contributed by atoms with van der Waals surface area (Å²) in [7, 11) is 0. The van der Waals surface area contributed by atoms with Crippen molar-refractivity contribution >= 4 is 5.96 Å². The summed E-state index contributed by atoms with van der Waals surface area (Å²) in [6, 6.07) is 15.3. The van der Waals surface area contributed by atoms with Crippen LogP contribution in [0.5, 0.6) is 5.75 Å². The molecule has 0 fully saturated rings. The zero-order chi connectivity index (χ0) is 20.7. The molecule has 3 N–H and O–H groups in total. The van der Waals surface area contributed by atoms with Gasteiger partial charge in [-0.05, 0) is 34.9 Å². The Labute approximate surface area is 165 Å². The first-order chi connectivity index (χ1) is 13.9. The monoisotopic (exact) mass is 403 g/mol. The summed E-state index contributed by atoms with van der Waals surface area (Å²) in [4.78, 5) is 4.22. The number of nitrogens with zero attached hydrogens (tertiary/aromatic N) is 3. The number of ether oxygens (including phenoxy) is 1. The molecule has 9 heteroatoms. The van der Waals surface area contributed by atoms with Gasteiger partial charge < -0.3 is 15.8 Å². The average molecular weight is 403 g/mol. The van der Waals surface area contributed by atoms with E-state index in [0.717, 1.165) is 11.1 Å². The van der Waals surface area contributed by atoms with Gasteiger partial charge in [-0.25, -0.2) is 4.99 Å². The van der Waals surface area contributed by atoms with E-state index in [0.29, 0.717) is 18.7 Å². The fraction of sp³-hybridized carbons (Fsp3) is 0.200. The van der Waals surface area contributed by atoms with Gasteiger partial charge in [0.2, 0.25) is 0 Å². The molecular formula is C20H20F3N5O. The SMILES string of the molecule is NC(=NCc1ccc(OC(F)(F)F)cc1)NCc1ccccc1Cn1cccn1. The molecule has 1 aromatic heterocycles. The highest BCUT2D eigenvalue weighted by Gasteiger charge is 2.30. The highest BCUT2D eigenvalue weighted by atomic mass is 19.4. The molecule has 0 saturated carbocycles. The summed E-state index contributed by atoms with van der Waals surface area (Å²) in [5, 5.41) is 7.27. The Bertz CT molecular complexity index is 938. The normalized spacial score (nSPS) is 12.0. The molecule has 29 heavy (non-hydrogen) atoms. The third kappa shape index (κ3) is 6.56. The topological polar surface area (TPSA) is 77.5 Å². The van der Waals surface area contributed by atoms with Gasteiger partial charge in [0.15, 0.2) is 5.96 Å². The van der Waals surface area contributed by atoms with E-state index in [9.17, 15) is 13.2 Å². The van der Waals surface area contributed by atoms with Gasteiger partial charge in [0.05, 0.1) is 13.1 Å². The Kier molecular flexibility index (Phi) is 6.38. The summed E-state index contributed by atoms with van der Waals surface area (Å²) >= 11 is 0. The van der Waals surface area contributed by atoms with Crippen LogP contribution in [-0.2, 0) is 19.6 Å². The molecule has 6 nitrogen and oxygen atoms in total. The van der Waals surface area contributed by atoms with Gasteiger partial charge in [0.25, 0.3) is 0 Å². The van der Waals surface area contributed by atoms with Crippen LogP contribution in [0.4, 0.5) is 13.2 Å². The lowest BCUT2D eigenvalue weighted by Gasteiger charge is -2.11. The second-order valence-corrected chi connectivity index (χ2v) is 6.22. The Morgan fingerprint density at radius 1 is 1.07 bits per heavy atom. The molecule has 0 spiro atoms. The van der Waals surface area contributed by atoms with Crippen LogP contribution in [0.2, 0.25) is 0 Å². The Balaban J connectivity index is 1.54. The van der Waals surface area contributed by atoms with Crippen molar-refractivity contribution in [3.8, 4) is 5.75 Å². The minimum atomic E-state index is -4.71. The van der Waals surface area contributed by atoms with E-state index in [2.05, 4.69) is 20.1 Å². The summed E-state index contributed by atoms with van der Waals surface area (Å²) in [6.07, 6.45) is -1.08. The van der Waals surface area contributed by atoms with E-state index >= 15 is 0 Å². The highest BCUT2D eigenvalue weighted by Crippen LogP contribution is 2.22. The van der Waals surface area contributed by atoms with E-state index in [1.165, 1.54) is 24.3 Å². The minimum absolute atomic E-state index is 0.236. The van der Waals surface area contributed by atoms with E-state index in [-0.39, 0.29) is 18.3 Å². The molecule has 0 aliphatic rings. The molecule has 3 aromatic rings. The predicted octanol–water partition coefficient (Wildman–Crippen LogP) is 3.43. The van der Waals surface area contributed by atoms with Gasteiger partial charge >= 0.3 is 6.36 Å². The molecule has 3 rings (SSSR count). The Morgan fingerprint density at radius 3 is 2.45 bits per heavy atom. The van der Waals surface area contributed by atoms with E-state index < -0.39 is 6.36 Å². The van der Waals surface area contributed by atoms with Gasteiger partial charge in [0.1, 0.15) is 5.75 Å². The fourth-order valence-corrected chi connectivity index (χ4v) is 2.67. The molecule has 0 radical (unpaired) electrons. The molecule has 0 saturated heterocycles.